The van der Waals surface area contributed by atoms with Crippen LogP contribution >= 0.6 is 0 Å². The highest BCUT2D eigenvalue weighted by Crippen LogP contribution is 2.30. The van der Waals surface area contributed by atoms with Gasteiger partial charge >= 0.3 is 21.6 Å². The number of hydrogen-bond donors (Lipinski definition) is 0. The summed E-state index contributed by atoms with van der Waals surface area (Å²) >= 11 is 0. The van der Waals surface area contributed by atoms with Crippen molar-refractivity contribution in [1.29, 1.82) is 0 Å². The summed E-state index contributed by atoms with van der Waals surface area (Å²) in [5, 5.41) is 0. The molecule has 0 amide bonds. The maximum absolute atomic E-state index is 12.4. The molecule has 7 nitrogen and oxygen atoms in total. The second kappa shape index (κ2) is 7.69. The van der Waals surface area contributed by atoms with Crippen LogP contribution in [0.25, 0.3) is 0 Å². The fourth-order valence-corrected chi connectivity index (χ4v) is 2.50. The first kappa shape index (κ1) is 20.0. The number of nitrogens with zero attached hydrogens (tertiary/aromatic N) is 1. The molecule has 0 aromatic carbocycles. The number of ether oxygens (including phenoxy) is 1. The highest BCUT2D eigenvalue weighted by atomic mass is 32.2. The topological polar surface area (TPSA) is 90.0 Å². The van der Waals surface area contributed by atoms with E-state index in [1.165, 1.54) is 11.9 Å². The molecule has 1 heterocycles. The van der Waals surface area contributed by atoms with Crippen molar-refractivity contribution in [3.63, 3.8) is 0 Å². The SMILES string of the molecule is CCOC(=O)[C@@H]1CC/C(=C/C(=C\C=O)OS(=O)(=O)C(F)(F)F)N1C. The van der Waals surface area contributed by atoms with Crippen molar-refractivity contribution in [1.82, 2.24) is 4.90 Å². The van der Waals surface area contributed by atoms with Gasteiger partial charge in [0, 0.05) is 24.9 Å². The van der Waals surface area contributed by atoms with Crippen LogP contribution in [0.5, 0.6) is 0 Å². The van der Waals surface area contributed by atoms with E-state index in [-0.39, 0.29) is 19.3 Å². The molecule has 0 aliphatic carbocycles. The molecule has 24 heavy (non-hydrogen) atoms. The average molecular weight is 371 g/mol. The van der Waals surface area contributed by atoms with E-state index in [0.29, 0.717) is 18.2 Å². The van der Waals surface area contributed by atoms with Crippen molar-refractivity contribution in [2.75, 3.05) is 13.7 Å². The molecule has 136 valence electrons. The van der Waals surface area contributed by atoms with Gasteiger partial charge in [-0.3, -0.25) is 4.79 Å². The van der Waals surface area contributed by atoms with Crippen molar-refractivity contribution in [2.45, 2.75) is 31.3 Å². The van der Waals surface area contributed by atoms with Gasteiger partial charge in [0.15, 0.2) is 0 Å². The molecular weight excluding hydrogens is 355 g/mol. The van der Waals surface area contributed by atoms with Crippen LogP contribution in [0.2, 0.25) is 0 Å². The number of likely N-dealkylation sites (tertiary alicyclic amines) is 1. The Labute approximate surface area is 136 Å². The molecular formula is C13H16F3NO6S. The van der Waals surface area contributed by atoms with Crippen molar-refractivity contribution < 1.29 is 40.1 Å². The zero-order valence-corrected chi connectivity index (χ0v) is 13.7. The Kier molecular flexibility index (Phi) is 6.41. The second-order valence-corrected chi connectivity index (χ2v) is 6.28. The predicted octanol–water partition coefficient (Wildman–Crippen LogP) is 1.48. The summed E-state index contributed by atoms with van der Waals surface area (Å²) in [7, 11) is -4.40. The molecule has 0 saturated carbocycles. The average Bonchev–Trinajstić information content (AvgIpc) is 2.79. The number of halogens is 3. The zero-order valence-electron chi connectivity index (χ0n) is 12.9. The number of hydrogen-bond acceptors (Lipinski definition) is 7. The van der Waals surface area contributed by atoms with Crippen molar-refractivity contribution in [3.05, 3.63) is 23.6 Å². The van der Waals surface area contributed by atoms with E-state index in [1.807, 2.05) is 0 Å². The van der Waals surface area contributed by atoms with Crippen LogP contribution < -0.4 is 0 Å². The number of likely N-dealkylation sites (N-methyl/N-ethyl adjacent to an activating group) is 1. The number of esters is 1. The maximum atomic E-state index is 12.4. The maximum Gasteiger partial charge on any atom is 0.534 e. The Morgan fingerprint density at radius 2 is 2.04 bits per heavy atom. The molecule has 0 aromatic heterocycles. The van der Waals surface area contributed by atoms with Crippen LogP contribution in [0.1, 0.15) is 19.8 Å². The minimum absolute atomic E-state index is 0.0933. The molecule has 11 heteroatoms. The largest absolute Gasteiger partial charge is 0.534 e. The second-order valence-electron chi connectivity index (χ2n) is 4.74. The van der Waals surface area contributed by atoms with Gasteiger partial charge in [-0.2, -0.15) is 21.6 Å². The van der Waals surface area contributed by atoms with Gasteiger partial charge in [-0.25, -0.2) is 4.79 Å². The number of carbonyl (C=O) groups is 2. The monoisotopic (exact) mass is 371 g/mol. The summed E-state index contributed by atoms with van der Waals surface area (Å²) in [6.45, 7) is 1.80. The summed E-state index contributed by atoms with van der Waals surface area (Å²) in [5.74, 6) is -1.30. The lowest BCUT2D eigenvalue weighted by atomic mass is 10.2. The van der Waals surface area contributed by atoms with Gasteiger partial charge in [-0.05, 0) is 19.8 Å². The van der Waals surface area contributed by atoms with Gasteiger partial charge in [0.05, 0.1) is 6.61 Å². The Balaban J connectivity index is 3.01. The van der Waals surface area contributed by atoms with Crippen molar-refractivity contribution in [3.8, 4) is 0 Å². The number of alkyl halides is 3. The van der Waals surface area contributed by atoms with Gasteiger partial charge in [0.1, 0.15) is 18.1 Å². The van der Waals surface area contributed by atoms with Crippen LogP contribution in [0.4, 0.5) is 13.2 Å². The minimum Gasteiger partial charge on any atom is -0.464 e. The van der Waals surface area contributed by atoms with Gasteiger partial charge in [0.25, 0.3) is 0 Å². The summed E-state index contributed by atoms with van der Waals surface area (Å²) in [4.78, 5) is 23.7. The van der Waals surface area contributed by atoms with Crippen LogP contribution in [0.15, 0.2) is 23.6 Å². The molecule has 0 unspecified atom stereocenters. The lowest BCUT2D eigenvalue weighted by Gasteiger charge is -2.21. The van der Waals surface area contributed by atoms with E-state index in [9.17, 15) is 31.2 Å². The Morgan fingerprint density at radius 1 is 1.42 bits per heavy atom. The number of carbonyl (C=O) groups excluding carboxylic acids is 2. The van der Waals surface area contributed by atoms with Crippen molar-refractivity contribution in [2.24, 2.45) is 0 Å². The van der Waals surface area contributed by atoms with Gasteiger partial charge < -0.3 is 13.8 Å². The predicted molar refractivity (Wildman–Crippen MR) is 75.7 cm³/mol. The smallest absolute Gasteiger partial charge is 0.464 e. The fourth-order valence-electron chi connectivity index (χ4n) is 2.05. The lowest BCUT2D eigenvalue weighted by molar-refractivity contribution is -0.147. The fraction of sp³-hybridized carbons (Fsp3) is 0.538. The Bertz CT molecular complexity index is 653. The number of aldehydes is 1. The van der Waals surface area contributed by atoms with Crippen LogP contribution in [-0.2, 0) is 28.6 Å². The molecule has 1 aliphatic rings. The molecule has 1 saturated heterocycles. The van der Waals surface area contributed by atoms with Crippen LogP contribution in [0.3, 0.4) is 0 Å². The lowest BCUT2D eigenvalue weighted by Crippen LogP contribution is -2.33. The zero-order chi connectivity index (χ0) is 18.5. The molecule has 0 N–H and O–H groups in total. The van der Waals surface area contributed by atoms with E-state index >= 15 is 0 Å². The quantitative estimate of drug-likeness (QED) is 0.174. The third kappa shape index (κ3) is 4.73. The van der Waals surface area contributed by atoms with Gasteiger partial charge in [-0.1, -0.05) is 0 Å². The molecule has 1 rings (SSSR count). The normalized spacial score (nSPS) is 21.0. The third-order valence-corrected chi connectivity index (χ3v) is 4.16. The van der Waals surface area contributed by atoms with E-state index in [4.69, 9.17) is 4.74 Å². The van der Waals surface area contributed by atoms with E-state index in [2.05, 4.69) is 4.18 Å². The first-order valence-electron chi connectivity index (χ1n) is 6.79. The number of rotatable bonds is 6. The molecule has 1 atom stereocenters. The third-order valence-electron chi connectivity index (χ3n) is 3.18. The highest BCUT2D eigenvalue weighted by molar-refractivity contribution is 7.87. The highest BCUT2D eigenvalue weighted by Gasteiger charge is 2.48. The molecule has 1 fully saturated rings. The van der Waals surface area contributed by atoms with E-state index in [1.54, 1.807) is 6.92 Å². The van der Waals surface area contributed by atoms with Gasteiger partial charge in [0.2, 0.25) is 0 Å². The summed E-state index contributed by atoms with van der Waals surface area (Å²) in [6.07, 6.45) is 2.21. The summed E-state index contributed by atoms with van der Waals surface area (Å²) in [5.41, 5.74) is -5.29. The molecule has 1 aliphatic heterocycles. The minimum atomic E-state index is -5.90. The molecule has 0 spiro atoms. The first-order valence-corrected chi connectivity index (χ1v) is 8.20. The standard InChI is InChI=1S/C13H16F3NO6S/c1-3-22-12(19)11-5-4-9(17(11)2)8-10(6-7-18)23-24(20,21)13(14,15)16/h6-8,11H,3-5H2,1-2H3/b9-8-,10-6+/t11-/m0/s1. The Hall–Kier alpha value is -2.04. The van der Waals surface area contributed by atoms with Crippen molar-refractivity contribution >= 4 is 22.4 Å². The summed E-state index contributed by atoms with van der Waals surface area (Å²) < 4.78 is 67.9. The van der Waals surface area contributed by atoms with Gasteiger partial charge in [-0.15, -0.1) is 0 Å². The molecule has 0 radical (unpaired) electrons. The first-order chi connectivity index (χ1) is 11.0. The molecule has 0 aromatic rings. The van der Waals surface area contributed by atoms with E-state index in [0.717, 1.165) is 6.08 Å². The molecule has 0 bridgehead atoms. The van der Waals surface area contributed by atoms with Crippen LogP contribution in [0, 0.1) is 0 Å². The summed E-state index contributed by atoms with van der Waals surface area (Å²) in [6, 6.07) is -0.645. The Morgan fingerprint density at radius 3 is 2.54 bits per heavy atom. The van der Waals surface area contributed by atoms with E-state index < -0.39 is 33.4 Å². The van der Waals surface area contributed by atoms with Crippen LogP contribution in [-0.4, -0.2) is 50.8 Å². The number of allylic oxidation sites excluding steroid dienone is 3.